The second-order valence-electron chi connectivity index (χ2n) is 4.09. The molecule has 2 aromatic rings. The van der Waals surface area contributed by atoms with Gasteiger partial charge in [-0.25, -0.2) is 6.32 Å². The Bertz CT molecular complexity index is 480. The molecule has 0 bridgehead atoms. The van der Waals surface area contributed by atoms with Gasteiger partial charge in [0, 0.05) is 5.02 Å². The molecule has 2 rings (SSSR count). The van der Waals surface area contributed by atoms with Gasteiger partial charge >= 0.3 is 0 Å². The van der Waals surface area contributed by atoms with Crippen LogP contribution in [0.15, 0.2) is 48.5 Å². The molecule has 0 aliphatic heterocycles. The second-order valence-corrected chi connectivity index (χ2v) is 4.53. The van der Waals surface area contributed by atoms with E-state index in [1.807, 2.05) is 12.1 Å². The first-order chi connectivity index (χ1) is 8.29. The van der Waals surface area contributed by atoms with E-state index in [9.17, 15) is 0 Å². The van der Waals surface area contributed by atoms with Gasteiger partial charge in [0.15, 0.2) is 0 Å². The molecule has 0 aliphatic carbocycles. The zero-order chi connectivity index (χ0) is 12.1. The zero-order valence-corrected chi connectivity index (χ0v) is 10.7. The summed E-state index contributed by atoms with van der Waals surface area (Å²) in [6.07, 6.45) is 1.98. The minimum Gasteiger partial charge on any atom is -0.291 e. The number of halogens is 1. The van der Waals surface area contributed by atoms with Crippen LogP contribution in [0.5, 0.6) is 0 Å². The molecule has 0 saturated carbocycles. The Balaban J connectivity index is 2.09. The molecular formula is C15H15BCl-. The van der Waals surface area contributed by atoms with Gasteiger partial charge in [-0.05, 0) is 18.6 Å². The Morgan fingerprint density at radius 2 is 1.82 bits per heavy atom. The van der Waals surface area contributed by atoms with Gasteiger partial charge in [-0.2, -0.15) is 0 Å². The molecule has 2 heteroatoms. The molecule has 0 spiro atoms. The Morgan fingerprint density at radius 3 is 2.53 bits per heavy atom. The van der Waals surface area contributed by atoms with Crippen molar-refractivity contribution >= 4 is 24.3 Å². The van der Waals surface area contributed by atoms with Gasteiger partial charge in [-0.3, -0.25) is 12.7 Å². The molecular weight excluding hydrogens is 226 g/mol. The third-order valence-electron chi connectivity index (χ3n) is 2.89. The first kappa shape index (κ1) is 12.3. The standard InChI is InChI=1S/C15H15BCl/c1-2-13-10-14(17)8-9-15(13)16-11-12-6-4-3-5-7-12/h3-10H,2,11H2,1H3/q-1. The highest BCUT2D eigenvalue weighted by Crippen LogP contribution is 2.10. The lowest BCUT2D eigenvalue weighted by molar-refractivity contribution is 1.15. The van der Waals surface area contributed by atoms with Crippen molar-refractivity contribution < 1.29 is 0 Å². The van der Waals surface area contributed by atoms with Crippen molar-refractivity contribution in [2.24, 2.45) is 0 Å². The van der Waals surface area contributed by atoms with E-state index in [1.165, 1.54) is 16.6 Å². The van der Waals surface area contributed by atoms with Crippen LogP contribution in [0.2, 0.25) is 5.02 Å². The molecule has 0 aliphatic rings. The summed E-state index contributed by atoms with van der Waals surface area (Å²) in [5, 5.41) is 0.818. The molecule has 0 saturated heterocycles. The van der Waals surface area contributed by atoms with Gasteiger partial charge < -0.3 is 0 Å². The average molecular weight is 242 g/mol. The van der Waals surface area contributed by atoms with Gasteiger partial charge in [0.2, 0.25) is 0 Å². The summed E-state index contributed by atoms with van der Waals surface area (Å²) < 4.78 is 0. The van der Waals surface area contributed by atoms with Crippen molar-refractivity contribution in [1.82, 2.24) is 0 Å². The van der Waals surface area contributed by atoms with Gasteiger partial charge in [-0.15, -0.1) is 6.07 Å². The lowest BCUT2D eigenvalue weighted by Crippen LogP contribution is -2.21. The van der Waals surface area contributed by atoms with E-state index in [2.05, 4.69) is 50.6 Å². The summed E-state index contributed by atoms with van der Waals surface area (Å²) in [7, 11) is 2.27. The number of rotatable bonds is 4. The highest BCUT2D eigenvalue weighted by molar-refractivity contribution is 6.53. The SMILES string of the molecule is CCc1cc(Cl)ccc1[B-]Cc1ccccc1. The largest absolute Gasteiger partial charge is 0.291 e. The molecule has 2 aromatic carbocycles. The fourth-order valence-corrected chi connectivity index (χ4v) is 2.12. The number of aryl methyl sites for hydroxylation is 1. The maximum absolute atomic E-state index is 6.00. The molecule has 0 N–H and O–H groups in total. The van der Waals surface area contributed by atoms with E-state index in [1.54, 1.807) is 0 Å². The van der Waals surface area contributed by atoms with Crippen LogP contribution >= 0.6 is 11.6 Å². The third kappa shape index (κ3) is 3.37. The van der Waals surface area contributed by atoms with Crippen molar-refractivity contribution in [2.75, 3.05) is 0 Å². The topological polar surface area (TPSA) is 0 Å². The normalized spacial score (nSPS) is 10.5. The quantitative estimate of drug-likeness (QED) is 0.720. The van der Waals surface area contributed by atoms with Crippen LogP contribution in [0, 0.1) is 0 Å². The van der Waals surface area contributed by atoms with Crippen LogP contribution in [0.1, 0.15) is 18.1 Å². The molecule has 2 radical (unpaired) electrons. The Kier molecular flexibility index (Phi) is 4.27. The van der Waals surface area contributed by atoms with E-state index >= 15 is 0 Å². The van der Waals surface area contributed by atoms with Gasteiger partial charge in [0.05, 0.1) is 0 Å². The van der Waals surface area contributed by atoms with Crippen LogP contribution < -0.4 is 5.46 Å². The second kappa shape index (κ2) is 5.93. The summed E-state index contributed by atoms with van der Waals surface area (Å²) in [6, 6.07) is 16.6. The van der Waals surface area contributed by atoms with Gasteiger partial charge in [0.25, 0.3) is 0 Å². The van der Waals surface area contributed by atoms with Crippen LogP contribution in [0.3, 0.4) is 0 Å². The van der Waals surface area contributed by atoms with Crippen molar-refractivity contribution in [3.05, 3.63) is 64.7 Å². The lowest BCUT2D eigenvalue weighted by Gasteiger charge is -2.21. The summed E-state index contributed by atoms with van der Waals surface area (Å²) >= 11 is 6.00. The monoisotopic (exact) mass is 241 g/mol. The molecule has 86 valence electrons. The van der Waals surface area contributed by atoms with E-state index in [0.717, 1.165) is 17.8 Å². The lowest BCUT2D eigenvalue weighted by atomic mass is 9.63. The minimum atomic E-state index is 0.818. The van der Waals surface area contributed by atoms with Crippen molar-refractivity contribution in [1.29, 1.82) is 0 Å². The summed E-state index contributed by atoms with van der Waals surface area (Å²) in [5.74, 6) is 0. The smallest absolute Gasteiger partial charge is 0.0406 e. The minimum absolute atomic E-state index is 0.818. The van der Waals surface area contributed by atoms with Crippen LogP contribution in [0.4, 0.5) is 0 Å². The fraction of sp³-hybridized carbons (Fsp3) is 0.200. The van der Waals surface area contributed by atoms with Gasteiger partial charge in [0.1, 0.15) is 0 Å². The van der Waals surface area contributed by atoms with Crippen molar-refractivity contribution in [2.45, 2.75) is 19.7 Å². The number of benzene rings is 2. The summed E-state index contributed by atoms with van der Waals surface area (Å²) in [4.78, 5) is 0. The Labute approximate surface area is 109 Å². The molecule has 0 atom stereocenters. The fourth-order valence-electron chi connectivity index (χ4n) is 1.92. The van der Waals surface area contributed by atoms with E-state index in [0.29, 0.717) is 0 Å². The zero-order valence-electron chi connectivity index (χ0n) is 9.99. The molecule has 0 fully saturated rings. The third-order valence-corrected chi connectivity index (χ3v) is 3.12. The maximum Gasteiger partial charge on any atom is 0.0406 e. The Hall–Kier alpha value is -1.21. The first-order valence-electron chi connectivity index (χ1n) is 5.95. The molecule has 0 amide bonds. The predicted octanol–water partition coefficient (Wildman–Crippen LogP) is 3.43. The van der Waals surface area contributed by atoms with Crippen LogP contribution in [-0.2, 0) is 12.7 Å². The molecule has 0 aromatic heterocycles. The highest BCUT2D eigenvalue weighted by Gasteiger charge is 1.93. The molecule has 17 heavy (non-hydrogen) atoms. The van der Waals surface area contributed by atoms with Crippen molar-refractivity contribution in [3.8, 4) is 0 Å². The van der Waals surface area contributed by atoms with Crippen LogP contribution in [0.25, 0.3) is 0 Å². The highest BCUT2D eigenvalue weighted by atomic mass is 35.5. The number of hydrogen-bond donors (Lipinski definition) is 0. The van der Waals surface area contributed by atoms with Crippen molar-refractivity contribution in [3.63, 3.8) is 0 Å². The summed E-state index contributed by atoms with van der Waals surface area (Å²) in [5.41, 5.74) is 3.94. The Morgan fingerprint density at radius 1 is 1.06 bits per heavy atom. The predicted molar refractivity (Wildman–Crippen MR) is 76.4 cm³/mol. The first-order valence-corrected chi connectivity index (χ1v) is 6.33. The molecule has 0 unspecified atom stereocenters. The summed E-state index contributed by atoms with van der Waals surface area (Å²) in [6.45, 7) is 2.16. The number of hydrogen-bond acceptors (Lipinski definition) is 0. The molecule has 0 nitrogen and oxygen atoms in total. The van der Waals surface area contributed by atoms with Gasteiger partial charge in [-0.1, -0.05) is 60.0 Å². The van der Waals surface area contributed by atoms with E-state index < -0.39 is 0 Å². The van der Waals surface area contributed by atoms with Crippen LogP contribution in [-0.4, -0.2) is 7.28 Å². The maximum atomic E-state index is 6.00. The van der Waals surface area contributed by atoms with E-state index in [4.69, 9.17) is 11.6 Å². The molecule has 0 heterocycles. The average Bonchev–Trinajstić information content (AvgIpc) is 2.38. The van der Waals surface area contributed by atoms with E-state index in [-0.39, 0.29) is 0 Å².